The Morgan fingerprint density at radius 3 is 2.40 bits per heavy atom. The number of oxime groups is 1. The minimum Gasteiger partial charge on any atom is -0.488 e. The van der Waals surface area contributed by atoms with E-state index in [-0.39, 0.29) is 5.84 Å². The van der Waals surface area contributed by atoms with Gasteiger partial charge in [-0.1, -0.05) is 40.5 Å². The van der Waals surface area contributed by atoms with Gasteiger partial charge in [-0.05, 0) is 35.9 Å². The van der Waals surface area contributed by atoms with Gasteiger partial charge in [0.1, 0.15) is 12.4 Å². The number of amidine groups is 1. The second-order valence-electron chi connectivity index (χ2n) is 4.04. The van der Waals surface area contributed by atoms with Crippen molar-refractivity contribution >= 4 is 29.0 Å². The molecule has 20 heavy (non-hydrogen) atoms. The van der Waals surface area contributed by atoms with Gasteiger partial charge >= 0.3 is 0 Å². The third-order valence-electron chi connectivity index (χ3n) is 2.63. The predicted molar refractivity (Wildman–Crippen MR) is 79.7 cm³/mol. The van der Waals surface area contributed by atoms with E-state index in [1.54, 1.807) is 30.3 Å². The average molecular weight is 311 g/mol. The molecule has 2 rings (SSSR count). The second kappa shape index (κ2) is 6.50. The van der Waals surface area contributed by atoms with Crippen molar-refractivity contribution in [2.75, 3.05) is 0 Å². The number of hydrogen-bond acceptors (Lipinski definition) is 3. The predicted octanol–water partition coefficient (Wildman–Crippen LogP) is 3.67. The van der Waals surface area contributed by atoms with Gasteiger partial charge in [0.05, 0.1) is 5.56 Å². The molecule has 0 fully saturated rings. The molecule has 0 aliphatic rings. The van der Waals surface area contributed by atoms with E-state index in [1.807, 2.05) is 12.1 Å². The van der Waals surface area contributed by atoms with E-state index < -0.39 is 0 Å². The molecule has 6 heteroatoms. The highest BCUT2D eigenvalue weighted by atomic mass is 35.5. The molecule has 0 aliphatic carbocycles. The average Bonchev–Trinajstić information content (AvgIpc) is 2.46. The van der Waals surface area contributed by atoms with Crippen LogP contribution in [0.4, 0.5) is 0 Å². The van der Waals surface area contributed by atoms with Crippen molar-refractivity contribution in [3.05, 3.63) is 63.6 Å². The zero-order valence-corrected chi connectivity index (χ0v) is 11.9. The Bertz CT molecular complexity index is 628. The molecule has 4 nitrogen and oxygen atoms in total. The molecule has 2 aromatic carbocycles. The van der Waals surface area contributed by atoms with E-state index in [9.17, 15) is 0 Å². The Morgan fingerprint density at radius 1 is 1.10 bits per heavy atom. The number of nitrogens with zero attached hydrogens (tertiary/aromatic N) is 1. The fourth-order valence-corrected chi connectivity index (χ4v) is 1.91. The normalized spacial score (nSPS) is 11.4. The van der Waals surface area contributed by atoms with Gasteiger partial charge in [0.2, 0.25) is 0 Å². The minimum atomic E-state index is -0.0345. The molecule has 104 valence electrons. The van der Waals surface area contributed by atoms with Crippen LogP contribution in [-0.4, -0.2) is 11.0 Å². The van der Waals surface area contributed by atoms with Crippen molar-refractivity contribution in [2.45, 2.75) is 6.61 Å². The fraction of sp³-hybridized carbons (Fsp3) is 0.0714. The van der Waals surface area contributed by atoms with E-state index >= 15 is 0 Å². The van der Waals surface area contributed by atoms with Crippen molar-refractivity contribution in [1.82, 2.24) is 0 Å². The topological polar surface area (TPSA) is 67.8 Å². The third-order valence-corrected chi connectivity index (χ3v) is 3.12. The van der Waals surface area contributed by atoms with Gasteiger partial charge < -0.3 is 15.7 Å². The molecule has 0 heterocycles. The number of halogens is 2. The molecule has 0 bridgehead atoms. The Morgan fingerprint density at radius 2 is 1.75 bits per heavy atom. The minimum absolute atomic E-state index is 0.0345. The van der Waals surface area contributed by atoms with Gasteiger partial charge in [0, 0.05) is 10.0 Å². The molecule has 0 amide bonds. The Balaban J connectivity index is 2.20. The lowest BCUT2D eigenvalue weighted by Crippen LogP contribution is -2.14. The van der Waals surface area contributed by atoms with Gasteiger partial charge in [-0.2, -0.15) is 0 Å². The highest BCUT2D eigenvalue weighted by Gasteiger charge is 2.09. The van der Waals surface area contributed by atoms with E-state index in [0.717, 1.165) is 5.56 Å². The van der Waals surface area contributed by atoms with Crippen LogP contribution in [0.2, 0.25) is 10.0 Å². The summed E-state index contributed by atoms with van der Waals surface area (Å²) < 4.78 is 5.67. The van der Waals surface area contributed by atoms with Crippen LogP contribution in [-0.2, 0) is 6.61 Å². The fourth-order valence-electron chi connectivity index (χ4n) is 1.62. The van der Waals surface area contributed by atoms with Crippen LogP contribution in [0.15, 0.2) is 47.6 Å². The highest BCUT2D eigenvalue weighted by molar-refractivity contribution is 6.31. The first-order chi connectivity index (χ1) is 9.60. The van der Waals surface area contributed by atoms with Crippen molar-refractivity contribution in [3.8, 4) is 5.75 Å². The maximum absolute atomic E-state index is 8.76. The summed E-state index contributed by atoms with van der Waals surface area (Å²) in [4.78, 5) is 0. The Hall–Kier alpha value is -1.91. The molecule has 0 saturated carbocycles. The first-order valence-electron chi connectivity index (χ1n) is 5.75. The number of rotatable bonds is 4. The van der Waals surface area contributed by atoms with Gasteiger partial charge in [0.15, 0.2) is 5.84 Å². The molecule has 0 aromatic heterocycles. The van der Waals surface area contributed by atoms with Crippen LogP contribution in [0.3, 0.4) is 0 Å². The SMILES string of the molecule is NC(=NO)c1ccc(Cl)cc1OCc1ccc(Cl)cc1. The van der Waals surface area contributed by atoms with Crippen LogP contribution in [0.1, 0.15) is 11.1 Å². The number of ether oxygens (including phenoxy) is 1. The van der Waals surface area contributed by atoms with Crippen molar-refractivity contribution < 1.29 is 9.94 Å². The molecule has 0 spiro atoms. The van der Waals surface area contributed by atoms with Crippen molar-refractivity contribution in [1.29, 1.82) is 0 Å². The van der Waals surface area contributed by atoms with Crippen molar-refractivity contribution in [2.24, 2.45) is 10.9 Å². The molecule has 0 aliphatic heterocycles. The van der Waals surface area contributed by atoms with Gasteiger partial charge in [-0.15, -0.1) is 0 Å². The molecule has 3 N–H and O–H groups in total. The van der Waals surface area contributed by atoms with E-state index in [2.05, 4.69) is 5.16 Å². The van der Waals surface area contributed by atoms with Crippen LogP contribution in [0.5, 0.6) is 5.75 Å². The number of hydrogen-bond donors (Lipinski definition) is 2. The summed E-state index contributed by atoms with van der Waals surface area (Å²) in [5, 5.41) is 12.9. The number of benzene rings is 2. The molecular formula is C14H12Cl2N2O2. The monoisotopic (exact) mass is 310 g/mol. The summed E-state index contributed by atoms with van der Waals surface area (Å²) in [5.41, 5.74) is 7.02. The highest BCUT2D eigenvalue weighted by Crippen LogP contribution is 2.24. The maximum atomic E-state index is 8.76. The van der Waals surface area contributed by atoms with Crippen LogP contribution < -0.4 is 10.5 Å². The van der Waals surface area contributed by atoms with Crippen LogP contribution >= 0.6 is 23.2 Å². The maximum Gasteiger partial charge on any atom is 0.173 e. The smallest absolute Gasteiger partial charge is 0.173 e. The summed E-state index contributed by atoms with van der Waals surface area (Å²) in [6.45, 7) is 0.323. The summed E-state index contributed by atoms with van der Waals surface area (Å²) in [6, 6.07) is 12.2. The lowest BCUT2D eigenvalue weighted by atomic mass is 10.2. The molecule has 0 saturated heterocycles. The molecule has 0 atom stereocenters. The summed E-state index contributed by atoms with van der Waals surface area (Å²) >= 11 is 11.7. The van der Waals surface area contributed by atoms with E-state index in [0.29, 0.717) is 28.0 Å². The zero-order valence-electron chi connectivity index (χ0n) is 10.4. The first-order valence-corrected chi connectivity index (χ1v) is 6.50. The Kier molecular flexibility index (Phi) is 4.71. The molecule has 0 unspecified atom stereocenters. The molecule has 0 radical (unpaired) electrons. The van der Waals surface area contributed by atoms with Crippen LogP contribution in [0.25, 0.3) is 0 Å². The summed E-state index contributed by atoms with van der Waals surface area (Å²) in [5.74, 6) is 0.413. The summed E-state index contributed by atoms with van der Waals surface area (Å²) in [7, 11) is 0. The third kappa shape index (κ3) is 3.56. The number of nitrogens with two attached hydrogens (primary N) is 1. The quantitative estimate of drug-likeness (QED) is 0.392. The lowest BCUT2D eigenvalue weighted by molar-refractivity contribution is 0.303. The zero-order chi connectivity index (χ0) is 14.5. The lowest BCUT2D eigenvalue weighted by Gasteiger charge is -2.11. The second-order valence-corrected chi connectivity index (χ2v) is 4.91. The largest absolute Gasteiger partial charge is 0.488 e. The molecular weight excluding hydrogens is 299 g/mol. The van der Waals surface area contributed by atoms with Gasteiger partial charge in [0.25, 0.3) is 0 Å². The summed E-state index contributed by atoms with van der Waals surface area (Å²) in [6.07, 6.45) is 0. The Labute approximate surface area is 126 Å². The molecule has 2 aromatic rings. The van der Waals surface area contributed by atoms with E-state index in [1.165, 1.54) is 0 Å². The van der Waals surface area contributed by atoms with E-state index in [4.69, 9.17) is 38.9 Å². The van der Waals surface area contributed by atoms with Gasteiger partial charge in [-0.3, -0.25) is 0 Å². The standard InChI is InChI=1S/C14H12Cl2N2O2/c15-10-3-1-9(2-4-10)8-20-13-7-11(16)5-6-12(13)14(17)18-19/h1-7,19H,8H2,(H2,17,18). The first kappa shape index (κ1) is 14.5. The van der Waals surface area contributed by atoms with Crippen LogP contribution in [0, 0.1) is 0 Å². The van der Waals surface area contributed by atoms with Gasteiger partial charge in [-0.25, -0.2) is 0 Å². The van der Waals surface area contributed by atoms with Crippen molar-refractivity contribution in [3.63, 3.8) is 0 Å².